The zero-order chi connectivity index (χ0) is 13.0. The third-order valence-electron chi connectivity index (χ3n) is 3.42. The molecule has 0 atom stereocenters. The van der Waals surface area contributed by atoms with Crippen molar-refractivity contribution in [2.24, 2.45) is 4.99 Å². The molecular weight excluding hydrogens is 230 g/mol. The Bertz CT molecular complexity index is 483. The van der Waals surface area contributed by atoms with Crippen molar-refractivity contribution in [1.82, 2.24) is 10.2 Å². The minimum absolute atomic E-state index is 0.119. The largest absolute Gasteiger partial charge is 0.394 e. The van der Waals surface area contributed by atoms with E-state index in [4.69, 9.17) is 5.11 Å². The van der Waals surface area contributed by atoms with E-state index in [9.17, 15) is 4.79 Å². The van der Waals surface area contributed by atoms with Crippen LogP contribution in [0.4, 0.5) is 0 Å². The summed E-state index contributed by atoms with van der Waals surface area (Å²) in [4.78, 5) is 15.5. The van der Waals surface area contributed by atoms with E-state index in [1.165, 1.54) is 5.71 Å². The molecule has 0 amide bonds. The lowest BCUT2D eigenvalue weighted by atomic mass is 9.84. The monoisotopic (exact) mass is 249 g/mol. The van der Waals surface area contributed by atoms with Crippen LogP contribution >= 0.6 is 0 Å². The Morgan fingerprint density at radius 1 is 1.50 bits per heavy atom. The van der Waals surface area contributed by atoms with Gasteiger partial charge in [-0.15, -0.1) is 0 Å². The van der Waals surface area contributed by atoms with Crippen LogP contribution in [0.25, 0.3) is 0 Å². The quantitative estimate of drug-likeness (QED) is 0.844. The average molecular weight is 249 g/mol. The van der Waals surface area contributed by atoms with E-state index >= 15 is 0 Å². The second kappa shape index (κ2) is 5.91. The van der Waals surface area contributed by atoms with Gasteiger partial charge in [0, 0.05) is 17.7 Å². The highest BCUT2D eigenvalue weighted by molar-refractivity contribution is 5.85. The van der Waals surface area contributed by atoms with Crippen molar-refractivity contribution in [3.8, 4) is 0 Å². The third-order valence-corrected chi connectivity index (χ3v) is 3.42. The predicted molar refractivity (Wildman–Crippen MR) is 70.2 cm³/mol. The summed E-state index contributed by atoms with van der Waals surface area (Å²) in [6.07, 6.45) is 3.96. The summed E-state index contributed by atoms with van der Waals surface area (Å²) in [5.41, 5.74) is 3.04. The highest BCUT2D eigenvalue weighted by atomic mass is 16.3. The van der Waals surface area contributed by atoms with Crippen LogP contribution < -0.4 is 5.56 Å². The van der Waals surface area contributed by atoms with Crippen LogP contribution in [0.15, 0.2) is 15.9 Å². The van der Waals surface area contributed by atoms with Crippen molar-refractivity contribution in [3.63, 3.8) is 0 Å². The first-order chi connectivity index (χ1) is 8.70. The maximum Gasteiger partial charge on any atom is 0.264 e. The highest BCUT2D eigenvalue weighted by Gasteiger charge is 2.21. The van der Waals surface area contributed by atoms with Crippen LogP contribution in [0.1, 0.15) is 42.9 Å². The fourth-order valence-corrected chi connectivity index (χ4v) is 2.51. The van der Waals surface area contributed by atoms with Gasteiger partial charge in [0.2, 0.25) is 0 Å². The molecule has 1 fully saturated rings. The molecule has 1 aromatic rings. The molecule has 2 rings (SSSR count). The molecule has 1 aliphatic carbocycles. The van der Waals surface area contributed by atoms with Gasteiger partial charge in [0.05, 0.1) is 18.8 Å². The third kappa shape index (κ3) is 3.04. The van der Waals surface area contributed by atoms with Crippen molar-refractivity contribution >= 4 is 5.71 Å². The highest BCUT2D eigenvalue weighted by Crippen LogP contribution is 2.31. The second-order valence-electron chi connectivity index (χ2n) is 4.75. The number of hydrogen-bond donors (Lipinski definition) is 2. The van der Waals surface area contributed by atoms with Crippen LogP contribution in [-0.2, 0) is 0 Å². The molecule has 2 N–H and O–H groups in total. The molecule has 0 aliphatic heterocycles. The number of hydrogen-bond acceptors (Lipinski definition) is 4. The Balaban J connectivity index is 2.03. The number of aromatic nitrogens is 2. The van der Waals surface area contributed by atoms with Crippen molar-refractivity contribution in [2.45, 2.75) is 38.5 Å². The number of rotatable bonds is 3. The first-order valence-corrected chi connectivity index (χ1v) is 6.40. The van der Waals surface area contributed by atoms with E-state index in [1.54, 1.807) is 6.07 Å². The van der Waals surface area contributed by atoms with Gasteiger partial charge in [0.25, 0.3) is 5.56 Å². The minimum Gasteiger partial charge on any atom is -0.394 e. The summed E-state index contributed by atoms with van der Waals surface area (Å²) in [6.45, 7) is 2.57. The topological polar surface area (TPSA) is 78.3 Å². The number of aromatic amines is 1. The van der Waals surface area contributed by atoms with Gasteiger partial charge in [-0.2, -0.15) is 5.10 Å². The summed E-state index contributed by atoms with van der Waals surface area (Å²) < 4.78 is 0. The average Bonchev–Trinajstić information content (AvgIpc) is 2.37. The zero-order valence-corrected chi connectivity index (χ0v) is 10.6. The molecule has 1 aromatic heterocycles. The van der Waals surface area contributed by atoms with E-state index in [-0.39, 0.29) is 12.2 Å². The van der Waals surface area contributed by atoms with Crippen LogP contribution in [-0.4, -0.2) is 34.2 Å². The van der Waals surface area contributed by atoms with Crippen molar-refractivity contribution in [2.75, 3.05) is 13.2 Å². The first kappa shape index (κ1) is 13.0. The molecule has 0 spiro atoms. The van der Waals surface area contributed by atoms with Crippen molar-refractivity contribution in [1.29, 1.82) is 0 Å². The maximum absolute atomic E-state index is 11.1. The smallest absolute Gasteiger partial charge is 0.264 e. The molecule has 5 nitrogen and oxygen atoms in total. The van der Waals surface area contributed by atoms with Gasteiger partial charge in [0.1, 0.15) is 0 Å². The van der Waals surface area contributed by atoms with Gasteiger partial charge in [-0.1, -0.05) is 0 Å². The first-order valence-electron chi connectivity index (χ1n) is 6.40. The molecule has 0 unspecified atom stereocenters. The number of nitrogens with one attached hydrogen (secondary N) is 1. The Hall–Kier alpha value is -1.49. The Morgan fingerprint density at radius 3 is 2.83 bits per heavy atom. The van der Waals surface area contributed by atoms with Gasteiger partial charge in [-0.05, 0) is 38.2 Å². The van der Waals surface area contributed by atoms with Gasteiger partial charge in [0.15, 0.2) is 0 Å². The van der Waals surface area contributed by atoms with Crippen LogP contribution in [0, 0.1) is 6.92 Å². The normalized spacial score (nSPS) is 19.9. The number of aliphatic hydroxyl groups is 1. The van der Waals surface area contributed by atoms with Crippen LogP contribution in [0.5, 0.6) is 0 Å². The Morgan fingerprint density at radius 2 is 2.22 bits per heavy atom. The fourth-order valence-electron chi connectivity index (χ4n) is 2.51. The number of aliphatic hydroxyl groups excluding tert-OH is 1. The maximum atomic E-state index is 11.1. The van der Waals surface area contributed by atoms with Gasteiger partial charge in [-0.3, -0.25) is 9.79 Å². The number of H-pyrrole nitrogens is 1. The van der Waals surface area contributed by atoms with E-state index in [2.05, 4.69) is 15.2 Å². The molecule has 1 saturated carbocycles. The van der Waals surface area contributed by atoms with Gasteiger partial charge < -0.3 is 5.11 Å². The molecule has 5 heteroatoms. The summed E-state index contributed by atoms with van der Waals surface area (Å²) in [7, 11) is 0. The summed E-state index contributed by atoms with van der Waals surface area (Å²) >= 11 is 0. The lowest BCUT2D eigenvalue weighted by Gasteiger charge is -2.23. The van der Waals surface area contributed by atoms with E-state index in [0.29, 0.717) is 12.5 Å². The second-order valence-corrected chi connectivity index (χ2v) is 4.75. The summed E-state index contributed by atoms with van der Waals surface area (Å²) in [5, 5.41) is 15.4. The summed E-state index contributed by atoms with van der Waals surface area (Å²) in [5.74, 6) is 0.412. The van der Waals surface area contributed by atoms with E-state index in [1.807, 2.05) is 6.92 Å². The molecule has 1 aliphatic rings. The molecule has 0 aromatic carbocycles. The van der Waals surface area contributed by atoms with Gasteiger partial charge in [-0.25, -0.2) is 5.10 Å². The van der Waals surface area contributed by atoms with E-state index in [0.717, 1.165) is 36.9 Å². The lowest BCUT2D eigenvalue weighted by Crippen LogP contribution is -2.18. The molecule has 98 valence electrons. The number of aliphatic imine (C=N–C) groups is 1. The van der Waals surface area contributed by atoms with Gasteiger partial charge >= 0.3 is 0 Å². The van der Waals surface area contributed by atoms with Crippen molar-refractivity contribution in [3.05, 3.63) is 27.7 Å². The SMILES string of the molecule is Cc1cc(=O)[nH]nc1C1CCC(=NCCO)CC1. The lowest BCUT2D eigenvalue weighted by molar-refractivity contribution is 0.306. The molecule has 0 bridgehead atoms. The fraction of sp³-hybridized carbons (Fsp3) is 0.615. The molecule has 0 radical (unpaired) electrons. The molecular formula is C13H19N3O2. The standard InChI is InChI=1S/C13H19N3O2/c1-9-8-12(18)15-16-13(9)10-2-4-11(5-3-10)14-6-7-17/h8,10,17H,2-7H2,1H3,(H,15,18). The zero-order valence-electron chi connectivity index (χ0n) is 10.6. The van der Waals surface area contributed by atoms with E-state index < -0.39 is 0 Å². The molecule has 0 saturated heterocycles. The minimum atomic E-state index is -0.141. The molecule has 1 heterocycles. The number of nitrogens with zero attached hydrogens (tertiary/aromatic N) is 2. The Labute approximate surface area is 106 Å². The van der Waals surface area contributed by atoms with Crippen LogP contribution in [0.3, 0.4) is 0 Å². The Kier molecular flexibility index (Phi) is 4.25. The summed E-state index contributed by atoms with van der Waals surface area (Å²) in [6, 6.07) is 1.61. The van der Waals surface area contributed by atoms with Crippen molar-refractivity contribution < 1.29 is 5.11 Å². The van der Waals surface area contributed by atoms with Crippen LogP contribution in [0.2, 0.25) is 0 Å². The molecule has 18 heavy (non-hydrogen) atoms. The predicted octanol–water partition coefficient (Wildman–Crippen LogP) is 1.17. The number of aryl methyl sites for hydroxylation is 1.